The number of carbonyl (C=O) groups excluding carboxylic acids is 1. The molecule has 0 saturated heterocycles. The van der Waals surface area contributed by atoms with E-state index in [4.69, 9.17) is 5.26 Å². The van der Waals surface area contributed by atoms with E-state index in [0.717, 1.165) is 16.5 Å². The maximum Gasteiger partial charge on any atom is 0.254 e. The molecule has 90 valence electrons. The Morgan fingerprint density at radius 1 is 1.56 bits per heavy atom. The number of nitrogens with one attached hydrogen (secondary N) is 1. The first-order chi connectivity index (χ1) is 8.72. The summed E-state index contributed by atoms with van der Waals surface area (Å²) in [6, 6.07) is 9.69. The Morgan fingerprint density at radius 3 is 3.11 bits per heavy atom. The molecule has 0 saturated carbocycles. The Labute approximate surface area is 104 Å². The molecule has 0 spiro atoms. The van der Waals surface area contributed by atoms with Crippen molar-refractivity contribution in [3.63, 3.8) is 0 Å². The van der Waals surface area contributed by atoms with Crippen LogP contribution in [0.1, 0.15) is 12.0 Å². The minimum atomic E-state index is -0.408. The fraction of sp³-hybridized carbons (Fsp3) is 0.154. The minimum absolute atomic E-state index is 0.188. The summed E-state index contributed by atoms with van der Waals surface area (Å²) in [6.07, 6.45) is 3.33. The van der Waals surface area contributed by atoms with Crippen molar-refractivity contribution in [1.82, 2.24) is 9.99 Å². The van der Waals surface area contributed by atoms with Crippen molar-refractivity contribution in [2.75, 3.05) is 0 Å². The number of hydrogen-bond donors (Lipinski definition) is 1. The van der Waals surface area contributed by atoms with Crippen molar-refractivity contribution in [3.05, 3.63) is 36.0 Å². The highest BCUT2D eigenvalue weighted by Crippen LogP contribution is 2.18. The summed E-state index contributed by atoms with van der Waals surface area (Å²) < 4.78 is 1.99. The molecular formula is C13H12N4O. The number of amides is 1. The van der Waals surface area contributed by atoms with E-state index in [1.165, 1.54) is 0 Å². The van der Waals surface area contributed by atoms with E-state index in [-0.39, 0.29) is 6.42 Å². The lowest BCUT2D eigenvalue weighted by atomic mass is 10.2. The number of nitriles is 1. The normalized spacial score (nSPS) is 10.7. The molecule has 0 aliphatic heterocycles. The smallest absolute Gasteiger partial charge is 0.254 e. The van der Waals surface area contributed by atoms with Gasteiger partial charge in [0.05, 0.1) is 12.3 Å². The largest absolute Gasteiger partial charge is 0.350 e. The van der Waals surface area contributed by atoms with Gasteiger partial charge in [-0.2, -0.15) is 10.4 Å². The van der Waals surface area contributed by atoms with Gasteiger partial charge in [-0.15, -0.1) is 0 Å². The number of rotatable bonds is 3. The molecule has 0 bridgehead atoms. The molecule has 1 aromatic heterocycles. The zero-order valence-corrected chi connectivity index (χ0v) is 9.92. The van der Waals surface area contributed by atoms with E-state index < -0.39 is 5.91 Å². The van der Waals surface area contributed by atoms with Gasteiger partial charge >= 0.3 is 0 Å². The van der Waals surface area contributed by atoms with Crippen LogP contribution in [0.4, 0.5) is 0 Å². The van der Waals surface area contributed by atoms with Crippen LogP contribution < -0.4 is 5.43 Å². The van der Waals surface area contributed by atoms with Crippen molar-refractivity contribution in [3.8, 4) is 6.07 Å². The van der Waals surface area contributed by atoms with Crippen LogP contribution in [-0.2, 0) is 11.8 Å². The zero-order valence-electron chi connectivity index (χ0n) is 9.92. The van der Waals surface area contributed by atoms with Crippen molar-refractivity contribution in [1.29, 1.82) is 5.26 Å². The fourth-order valence-corrected chi connectivity index (χ4v) is 1.76. The molecule has 0 radical (unpaired) electrons. The Bertz CT molecular complexity index is 649. The SMILES string of the molecule is Cn1cc(/C=N/NC(=O)CC#N)c2ccccc21. The Hall–Kier alpha value is -2.61. The number of benzene rings is 1. The third kappa shape index (κ3) is 2.38. The molecule has 0 aliphatic rings. The first-order valence-electron chi connectivity index (χ1n) is 5.45. The molecule has 1 N–H and O–H groups in total. The van der Waals surface area contributed by atoms with Crippen molar-refractivity contribution in [2.24, 2.45) is 12.1 Å². The highest BCUT2D eigenvalue weighted by atomic mass is 16.2. The van der Waals surface area contributed by atoms with Crippen molar-refractivity contribution < 1.29 is 4.79 Å². The van der Waals surface area contributed by atoms with Crippen LogP contribution in [-0.4, -0.2) is 16.7 Å². The van der Waals surface area contributed by atoms with Gasteiger partial charge in [-0.25, -0.2) is 5.43 Å². The average molecular weight is 240 g/mol. The van der Waals surface area contributed by atoms with Crippen LogP contribution in [0.15, 0.2) is 35.6 Å². The maximum atomic E-state index is 11.0. The van der Waals surface area contributed by atoms with Gasteiger partial charge in [0.1, 0.15) is 6.42 Å². The second-order valence-electron chi connectivity index (χ2n) is 3.84. The Balaban J connectivity index is 2.20. The number of para-hydroxylation sites is 1. The van der Waals surface area contributed by atoms with Gasteiger partial charge in [-0.05, 0) is 6.07 Å². The van der Waals surface area contributed by atoms with Gasteiger partial charge in [0.2, 0.25) is 0 Å². The fourth-order valence-electron chi connectivity index (χ4n) is 1.76. The summed E-state index contributed by atoms with van der Waals surface area (Å²) in [7, 11) is 1.95. The third-order valence-corrected chi connectivity index (χ3v) is 2.56. The lowest BCUT2D eigenvalue weighted by molar-refractivity contribution is -0.120. The second kappa shape index (κ2) is 5.15. The number of hydrazone groups is 1. The Morgan fingerprint density at radius 2 is 2.33 bits per heavy atom. The zero-order chi connectivity index (χ0) is 13.0. The van der Waals surface area contributed by atoms with Crippen LogP contribution in [0, 0.1) is 11.3 Å². The van der Waals surface area contributed by atoms with E-state index in [9.17, 15) is 4.79 Å². The standard InChI is InChI=1S/C13H12N4O/c1-17-9-10(8-15-16-13(18)6-7-14)11-4-2-3-5-12(11)17/h2-5,8-9H,6H2,1H3,(H,16,18)/b15-8+. The maximum absolute atomic E-state index is 11.0. The van der Waals surface area contributed by atoms with Crippen LogP contribution in [0.5, 0.6) is 0 Å². The molecule has 5 nitrogen and oxygen atoms in total. The summed E-state index contributed by atoms with van der Waals surface area (Å²) in [6.45, 7) is 0. The van der Waals surface area contributed by atoms with E-state index in [1.807, 2.05) is 42.1 Å². The predicted octanol–water partition coefficient (Wildman–Crippen LogP) is 1.54. The summed E-state index contributed by atoms with van der Waals surface area (Å²) in [5.41, 5.74) is 4.33. The molecule has 18 heavy (non-hydrogen) atoms. The van der Waals surface area contributed by atoms with Gasteiger partial charge in [0, 0.05) is 29.7 Å². The molecule has 0 fully saturated rings. The predicted molar refractivity (Wildman–Crippen MR) is 68.9 cm³/mol. The molecule has 1 amide bonds. The summed E-state index contributed by atoms with van der Waals surface area (Å²) in [4.78, 5) is 11.0. The quantitative estimate of drug-likeness (QED) is 0.653. The number of carbonyl (C=O) groups is 1. The number of aromatic nitrogens is 1. The summed E-state index contributed by atoms with van der Waals surface area (Å²) in [5, 5.41) is 13.2. The molecule has 0 unspecified atom stereocenters. The van der Waals surface area contributed by atoms with Crippen molar-refractivity contribution >= 4 is 23.0 Å². The van der Waals surface area contributed by atoms with Gasteiger partial charge in [-0.1, -0.05) is 18.2 Å². The second-order valence-corrected chi connectivity index (χ2v) is 3.84. The number of nitrogens with zero attached hydrogens (tertiary/aromatic N) is 3. The van der Waals surface area contributed by atoms with Gasteiger partial charge in [0.25, 0.3) is 5.91 Å². The molecule has 5 heteroatoms. The van der Waals surface area contributed by atoms with E-state index in [0.29, 0.717) is 0 Å². The van der Waals surface area contributed by atoms with Crippen LogP contribution in [0.3, 0.4) is 0 Å². The van der Waals surface area contributed by atoms with Crippen LogP contribution >= 0.6 is 0 Å². The topological polar surface area (TPSA) is 70.2 Å². The summed E-state index contributed by atoms with van der Waals surface area (Å²) in [5.74, 6) is -0.408. The Kier molecular flexibility index (Phi) is 3.39. The molecule has 0 atom stereocenters. The number of hydrogen-bond acceptors (Lipinski definition) is 3. The lowest BCUT2D eigenvalue weighted by Gasteiger charge is -1.93. The molecule has 0 aliphatic carbocycles. The number of aryl methyl sites for hydroxylation is 1. The highest BCUT2D eigenvalue weighted by molar-refractivity contribution is 5.99. The lowest BCUT2D eigenvalue weighted by Crippen LogP contribution is -2.16. The summed E-state index contributed by atoms with van der Waals surface area (Å²) >= 11 is 0. The van der Waals surface area contributed by atoms with Gasteiger partial charge in [0.15, 0.2) is 0 Å². The van der Waals surface area contributed by atoms with Gasteiger partial charge < -0.3 is 4.57 Å². The van der Waals surface area contributed by atoms with Gasteiger partial charge in [-0.3, -0.25) is 4.79 Å². The molecule has 2 aromatic rings. The first kappa shape index (κ1) is 11.9. The molecule has 1 heterocycles. The van der Waals surface area contributed by atoms with E-state index in [1.54, 1.807) is 12.3 Å². The average Bonchev–Trinajstić information content (AvgIpc) is 2.68. The van der Waals surface area contributed by atoms with Crippen molar-refractivity contribution in [2.45, 2.75) is 6.42 Å². The number of fused-ring (bicyclic) bond motifs is 1. The minimum Gasteiger partial charge on any atom is -0.350 e. The molecular weight excluding hydrogens is 228 g/mol. The van der Waals surface area contributed by atoms with Crippen LogP contribution in [0.2, 0.25) is 0 Å². The van der Waals surface area contributed by atoms with E-state index in [2.05, 4.69) is 10.5 Å². The molecule has 1 aromatic carbocycles. The first-order valence-corrected chi connectivity index (χ1v) is 5.45. The third-order valence-electron chi connectivity index (χ3n) is 2.56. The highest BCUT2D eigenvalue weighted by Gasteiger charge is 2.03. The molecule has 2 rings (SSSR count). The van der Waals surface area contributed by atoms with Crippen LogP contribution in [0.25, 0.3) is 10.9 Å². The monoisotopic (exact) mass is 240 g/mol. The van der Waals surface area contributed by atoms with E-state index >= 15 is 0 Å².